The van der Waals surface area contributed by atoms with Crippen LogP contribution >= 0.6 is 0 Å². The van der Waals surface area contributed by atoms with Crippen LogP contribution in [0.2, 0.25) is 0 Å². The molecular formula is C10H12N2. The van der Waals surface area contributed by atoms with Gasteiger partial charge < -0.3 is 0 Å². The minimum atomic E-state index is 0.583. The highest BCUT2D eigenvalue weighted by Crippen LogP contribution is 2.10. The van der Waals surface area contributed by atoms with Crippen LogP contribution in [0.5, 0.6) is 0 Å². The second kappa shape index (κ2) is 3.87. The van der Waals surface area contributed by atoms with Crippen LogP contribution in [-0.2, 0) is 6.42 Å². The molecule has 0 N–H and O–H groups in total. The standard InChI is InChI=1S/C10H12N2/c1-8(2)5-9-3-4-12-7-10(9)6-11/h3-4,7-8H,5H2,1-2H3. The summed E-state index contributed by atoms with van der Waals surface area (Å²) in [6.07, 6.45) is 4.31. The van der Waals surface area contributed by atoms with Crippen molar-refractivity contribution in [1.29, 1.82) is 5.26 Å². The Morgan fingerprint density at radius 2 is 2.33 bits per heavy atom. The summed E-state index contributed by atoms with van der Waals surface area (Å²) in [6.45, 7) is 4.28. The van der Waals surface area contributed by atoms with Gasteiger partial charge in [0.15, 0.2) is 0 Å². The number of nitrogens with zero attached hydrogens (tertiary/aromatic N) is 2. The summed E-state index contributed by atoms with van der Waals surface area (Å²) in [4.78, 5) is 3.90. The van der Waals surface area contributed by atoms with E-state index in [2.05, 4.69) is 24.9 Å². The van der Waals surface area contributed by atoms with Gasteiger partial charge in [-0.3, -0.25) is 4.98 Å². The van der Waals surface area contributed by atoms with Gasteiger partial charge in [-0.25, -0.2) is 0 Å². The molecule has 12 heavy (non-hydrogen) atoms. The fourth-order valence-electron chi connectivity index (χ4n) is 1.14. The Balaban J connectivity index is 2.91. The van der Waals surface area contributed by atoms with E-state index in [9.17, 15) is 0 Å². The van der Waals surface area contributed by atoms with Crippen LogP contribution in [0.15, 0.2) is 18.5 Å². The van der Waals surface area contributed by atoms with Crippen molar-refractivity contribution in [2.24, 2.45) is 5.92 Å². The summed E-state index contributed by atoms with van der Waals surface area (Å²) in [5.74, 6) is 0.583. The number of hydrogen-bond acceptors (Lipinski definition) is 2. The van der Waals surface area contributed by atoms with E-state index >= 15 is 0 Å². The maximum atomic E-state index is 8.74. The second-order valence-electron chi connectivity index (χ2n) is 3.24. The van der Waals surface area contributed by atoms with Gasteiger partial charge in [0.05, 0.1) is 5.56 Å². The molecule has 2 nitrogen and oxygen atoms in total. The lowest BCUT2D eigenvalue weighted by atomic mass is 10.0. The Bertz CT molecular complexity index is 297. The molecule has 2 heteroatoms. The zero-order valence-electron chi connectivity index (χ0n) is 7.41. The number of nitriles is 1. The summed E-state index contributed by atoms with van der Waals surface area (Å²) >= 11 is 0. The number of rotatable bonds is 2. The fraction of sp³-hybridized carbons (Fsp3) is 0.400. The Morgan fingerprint density at radius 1 is 1.58 bits per heavy atom. The van der Waals surface area contributed by atoms with Crippen LogP contribution in [0.25, 0.3) is 0 Å². The zero-order chi connectivity index (χ0) is 8.97. The molecule has 1 aromatic heterocycles. The van der Waals surface area contributed by atoms with Crippen molar-refractivity contribution in [1.82, 2.24) is 4.98 Å². The Hall–Kier alpha value is -1.36. The Morgan fingerprint density at radius 3 is 2.92 bits per heavy atom. The zero-order valence-corrected chi connectivity index (χ0v) is 7.41. The molecule has 62 valence electrons. The quantitative estimate of drug-likeness (QED) is 0.664. The van der Waals surface area contributed by atoms with E-state index in [1.165, 1.54) is 0 Å². The first-order chi connectivity index (χ1) is 5.74. The van der Waals surface area contributed by atoms with Crippen molar-refractivity contribution in [3.8, 4) is 6.07 Å². The van der Waals surface area contributed by atoms with Gasteiger partial charge >= 0.3 is 0 Å². The topological polar surface area (TPSA) is 36.7 Å². The SMILES string of the molecule is CC(C)Cc1ccncc1C#N. The molecule has 1 aromatic rings. The third-order valence-corrected chi connectivity index (χ3v) is 1.66. The van der Waals surface area contributed by atoms with Crippen LogP contribution in [0.3, 0.4) is 0 Å². The van der Waals surface area contributed by atoms with Gasteiger partial charge in [-0.05, 0) is 24.0 Å². The van der Waals surface area contributed by atoms with Gasteiger partial charge in [-0.1, -0.05) is 13.8 Å². The smallest absolute Gasteiger partial charge is 0.101 e. The lowest BCUT2D eigenvalue weighted by Gasteiger charge is -2.05. The van der Waals surface area contributed by atoms with E-state index in [0.717, 1.165) is 12.0 Å². The first-order valence-electron chi connectivity index (χ1n) is 4.07. The normalized spacial score (nSPS) is 9.83. The predicted octanol–water partition coefficient (Wildman–Crippen LogP) is 2.15. The summed E-state index contributed by atoms with van der Waals surface area (Å²) in [5.41, 5.74) is 1.80. The Labute approximate surface area is 72.9 Å². The molecule has 0 fully saturated rings. The van der Waals surface area contributed by atoms with Crippen LogP contribution in [0.4, 0.5) is 0 Å². The molecule has 1 heterocycles. The molecule has 0 saturated carbocycles. The monoisotopic (exact) mass is 160 g/mol. The molecule has 0 radical (unpaired) electrons. The van der Waals surface area contributed by atoms with Gasteiger partial charge in [-0.2, -0.15) is 5.26 Å². The molecule has 0 unspecified atom stereocenters. The highest BCUT2D eigenvalue weighted by Gasteiger charge is 2.02. The van der Waals surface area contributed by atoms with Crippen molar-refractivity contribution >= 4 is 0 Å². The van der Waals surface area contributed by atoms with E-state index in [1.54, 1.807) is 12.4 Å². The molecular weight excluding hydrogens is 148 g/mol. The lowest BCUT2D eigenvalue weighted by Crippen LogP contribution is -1.97. The third-order valence-electron chi connectivity index (χ3n) is 1.66. The summed E-state index contributed by atoms with van der Waals surface area (Å²) in [7, 11) is 0. The molecule has 0 aromatic carbocycles. The van der Waals surface area contributed by atoms with Crippen LogP contribution < -0.4 is 0 Å². The van der Waals surface area contributed by atoms with Crippen molar-refractivity contribution < 1.29 is 0 Å². The third kappa shape index (κ3) is 2.06. The van der Waals surface area contributed by atoms with E-state index in [0.29, 0.717) is 11.5 Å². The van der Waals surface area contributed by atoms with Crippen molar-refractivity contribution in [3.05, 3.63) is 29.6 Å². The minimum Gasteiger partial charge on any atom is -0.263 e. The molecule has 0 amide bonds. The molecule has 0 aliphatic carbocycles. The lowest BCUT2D eigenvalue weighted by molar-refractivity contribution is 0.645. The number of pyridine rings is 1. The first kappa shape index (κ1) is 8.73. The molecule has 0 saturated heterocycles. The molecule has 0 atom stereocenters. The highest BCUT2D eigenvalue weighted by atomic mass is 14.6. The largest absolute Gasteiger partial charge is 0.263 e. The van der Waals surface area contributed by atoms with Crippen molar-refractivity contribution in [2.75, 3.05) is 0 Å². The van der Waals surface area contributed by atoms with Gasteiger partial charge in [0.25, 0.3) is 0 Å². The van der Waals surface area contributed by atoms with Crippen LogP contribution in [0.1, 0.15) is 25.0 Å². The maximum Gasteiger partial charge on any atom is 0.101 e. The van der Waals surface area contributed by atoms with Crippen molar-refractivity contribution in [3.63, 3.8) is 0 Å². The Kier molecular flexibility index (Phi) is 2.82. The van der Waals surface area contributed by atoms with Gasteiger partial charge in [0.2, 0.25) is 0 Å². The molecule has 1 rings (SSSR count). The van der Waals surface area contributed by atoms with Gasteiger partial charge in [0, 0.05) is 12.4 Å². The molecule has 0 bridgehead atoms. The van der Waals surface area contributed by atoms with Crippen molar-refractivity contribution in [2.45, 2.75) is 20.3 Å². The van der Waals surface area contributed by atoms with Crippen LogP contribution in [-0.4, -0.2) is 4.98 Å². The molecule has 0 aliphatic rings. The summed E-state index contributed by atoms with van der Waals surface area (Å²) < 4.78 is 0. The minimum absolute atomic E-state index is 0.583. The van der Waals surface area contributed by atoms with E-state index < -0.39 is 0 Å². The highest BCUT2D eigenvalue weighted by molar-refractivity contribution is 5.34. The predicted molar refractivity (Wildman–Crippen MR) is 47.5 cm³/mol. The molecule has 0 aliphatic heterocycles. The fourth-order valence-corrected chi connectivity index (χ4v) is 1.14. The van der Waals surface area contributed by atoms with E-state index in [1.807, 2.05) is 6.07 Å². The van der Waals surface area contributed by atoms with Crippen LogP contribution in [0, 0.1) is 17.2 Å². The average molecular weight is 160 g/mol. The van der Waals surface area contributed by atoms with E-state index in [4.69, 9.17) is 5.26 Å². The summed E-state index contributed by atoms with van der Waals surface area (Å²) in [5, 5.41) is 8.74. The maximum absolute atomic E-state index is 8.74. The van der Waals surface area contributed by atoms with E-state index in [-0.39, 0.29) is 0 Å². The second-order valence-corrected chi connectivity index (χ2v) is 3.24. The number of hydrogen-bond donors (Lipinski definition) is 0. The summed E-state index contributed by atoms with van der Waals surface area (Å²) in [6, 6.07) is 4.05. The average Bonchev–Trinajstić information content (AvgIpc) is 2.04. The molecule has 0 spiro atoms. The van der Waals surface area contributed by atoms with Gasteiger partial charge in [-0.15, -0.1) is 0 Å². The first-order valence-corrected chi connectivity index (χ1v) is 4.07. The number of aromatic nitrogens is 1. The van der Waals surface area contributed by atoms with Gasteiger partial charge in [0.1, 0.15) is 6.07 Å².